The first kappa shape index (κ1) is 10.6. The summed E-state index contributed by atoms with van der Waals surface area (Å²) >= 11 is 0. The molecule has 0 bridgehead atoms. The van der Waals surface area contributed by atoms with Gasteiger partial charge in [0.1, 0.15) is 0 Å². The highest BCUT2D eigenvalue weighted by Gasteiger charge is 1.92. The third-order valence-corrected chi connectivity index (χ3v) is 1.40. The average Bonchev–Trinajstić information content (AvgIpc) is 1.98. The summed E-state index contributed by atoms with van der Waals surface area (Å²) in [5, 5.41) is 6.94. The molecule has 0 rings (SSSR count). The van der Waals surface area contributed by atoms with Gasteiger partial charge in [-0.25, -0.2) is 4.99 Å². The Morgan fingerprint density at radius 1 is 1.42 bits per heavy atom. The summed E-state index contributed by atoms with van der Waals surface area (Å²) in [5.74, 6) is -0.152. The van der Waals surface area contributed by atoms with E-state index in [9.17, 15) is 0 Å². The van der Waals surface area contributed by atoms with Crippen LogP contribution in [0.4, 0.5) is 0 Å². The second-order valence-corrected chi connectivity index (χ2v) is 2.46. The van der Waals surface area contributed by atoms with Crippen LogP contribution in [0.3, 0.4) is 0 Å². The van der Waals surface area contributed by atoms with E-state index >= 15 is 0 Å². The lowest BCUT2D eigenvalue weighted by Crippen LogP contribution is -2.09. The molecular weight excluding hydrogens is 150 g/mol. The number of nitrogens with one attached hydrogen (secondary N) is 1. The van der Waals surface area contributed by atoms with E-state index in [1.54, 1.807) is 0 Å². The predicted octanol–water partition coefficient (Wildman–Crippen LogP) is 1.86. The number of allylic oxidation sites excluding steroid dienone is 4. The van der Waals surface area contributed by atoms with Crippen molar-refractivity contribution in [3.8, 4) is 0 Å². The first-order valence-electron chi connectivity index (χ1n) is 3.77. The van der Waals surface area contributed by atoms with E-state index < -0.39 is 0 Å². The Morgan fingerprint density at radius 2 is 2.00 bits per heavy atom. The minimum atomic E-state index is -0.152. The van der Waals surface area contributed by atoms with Crippen molar-refractivity contribution < 1.29 is 0 Å². The van der Waals surface area contributed by atoms with E-state index in [-0.39, 0.29) is 5.96 Å². The molecule has 0 aromatic rings. The molecule has 0 fully saturated rings. The normalized spacial score (nSPS) is 13.9. The Balaban J connectivity index is 4.48. The highest BCUT2D eigenvalue weighted by molar-refractivity contribution is 6.04. The average molecular weight is 165 g/mol. The Hall–Kier alpha value is -1.38. The molecule has 3 nitrogen and oxygen atoms in total. The molecule has 0 saturated carbocycles. The van der Waals surface area contributed by atoms with Gasteiger partial charge in [0.2, 0.25) is 5.96 Å². The first-order valence-corrected chi connectivity index (χ1v) is 3.77. The van der Waals surface area contributed by atoms with Gasteiger partial charge in [0.05, 0.1) is 0 Å². The minimum absolute atomic E-state index is 0.152. The Labute approximate surface area is 73.2 Å². The number of nitrogens with two attached hydrogens (primary N) is 1. The van der Waals surface area contributed by atoms with E-state index in [1.165, 1.54) is 0 Å². The summed E-state index contributed by atoms with van der Waals surface area (Å²) < 4.78 is 0. The van der Waals surface area contributed by atoms with Crippen molar-refractivity contribution in [1.82, 2.24) is 0 Å². The number of rotatable bonds is 2. The Kier molecular flexibility index (Phi) is 4.69. The van der Waals surface area contributed by atoms with Crippen molar-refractivity contribution in [3.05, 3.63) is 23.8 Å². The third kappa shape index (κ3) is 4.44. The van der Waals surface area contributed by atoms with Gasteiger partial charge in [-0.15, -0.1) is 0 Å². The van der Waals surface area contributed by atoms with Gasteiger partial charge in [0, 0.05) is 5.71 Å². The van der Waals surface area contributed by atoms with Crippen LogP contribution in [-0.4, -0.2) is 11.7 Å². The van der Waals surface area contributed by atoms with E-state index in [1.807, 2.05) is 39.0 Å². The highest BCUT2D eigenvalue weighted by atomic mass is 15.0. The van der Waals surface area contributed by atoms with Crippen LogP contribution in [0.1, 0.15) is 20.8 Å². The fourth-order valence-corrected chi connectivity index (χ4v) is 0.630. The molecule has 0 radical (unpaired) electrons. The van der Waals surface area contributed by atoms with Crippen LogP contribution in [0.5, 0.6) is 0 Å². The molecule has 66 valence electrons. The SMILES string of the molecule is C/C=C\C=C(\C)C(C)=NC(=N)N. The van der Waals surface area contributed by atoms with Crippen LogP contribution in [-0.2, 0) is 0 Å². The van der Waals surface area contributed by atoms with E-state index in [4.69, 9.17) is 11.1 Å². The quantitative estimate of drug-likeness (QED) is 0.366. The summed E-state index contributed by atoms with van der Waals surface area (Å²) in [6, 6.07) is 0. The zero-order chi connectivity index (χ0) is 9.56. The number of hydrogen-bond donors (Lipinski definition) is 2. The van der Waals surface area contributed by atoms with Gasteiger partial charge in [-0.2, -0.15) is 0 Å². The fraction of sp³-hybridized carbons (Fsp3) is 0.333. The van der Waals surface area contributed by atoms with Gasteiger partial charge >= 0.3 is 0 Å². The molecule has 3 heteroatoms. The molecule has 0 atom stereocenters. The molecular formula is C9H15N3. The summed E-state index contributed by atoms with van der Waals surface area (Å²) in [6.07, 6.45) is 5.79. The molecule has 0 aliphatic carbocycles. The van der Waals surface area contributed by atoms with Crippen LogP contribution in [0.15, 0.2) is 28.8 Å². The second-order valence-electron chi connectivity index (χ2n) is 2.46. The molecule has 0 aromatic carbocycles. The molecule has 0 amide bonds. The maximum atomic E-state index is 6.94. The van der Waals surface area contributed by atoms with Crippen molar-refractivity contribution >= 4 is 11.7 Å². The summed E-state index contributed by atoms with van der Waals surface area (Å²) in [4.78, 5) is 3.81. The number of nitrogens with zero attached hydrogens (tertiary/aromatic N) is 1. The predicted molar refractivity (Wildman–Crippen MR) is 53.6 cm³/mol. The lowest BCUT2D eigenvalue weighted by molar-refractivity contribution is 1.36. The van der Waals surface area contributed by atoms with Gasteiger partial charge in [-0.1, -0.05) is 18.2 Å². The van der Waals surface area contributed by atoms with E-state index in [0.29, 0.717) is 0 Å². The smallest absolute Gasteiger partial charge is 0.212 e. The molecule has 0 aliphatic rings. The highest BCUT2D eigenvalue weighted by Crippen LogP contribution is 1.96. The van der Waals surface area contributed by atoms with Gasteiger partial charge in [0.15, 0.2) is 0 Å². The fourth-order valence-electron chi connectivity index (χ4n) is 0.630. The molecule has 3 N–H and O–H groups in total. The van der Waals surface area contributed by atoms with Crippen LogP contribution in [0.25, 0.3) is 0 Å². The molecule has 0 heterocycles. The second kappa shape index (κ2) is 5.29. The topological polar surface area (TPSA) is 62.2 Å². The summed E-state index contributed by atoms with van der Waals surface area (Å²) in [7, 11) is 0. The van der Waals surface area contributed by atoms with E-state index in [2.05, 4.69) is 4.99 Å². The standard InChI is InChI=1S/C9H15N3/c1-4-5-6-7(2)8(3)12-9(10)11/h4-6H,1-3H3,(H3,10,11)/b5-4-,7-6-,12-8?. The van der Waals surface area contributed by atoms with Crippen molar-refractivity contribution in [1.29, 1.82) is 5.41 Å². The number of hydrogen-bond acceptors (Lipinski definition) is 1. The van der Waals surface area contributed by atoms with Crippen LogP contribution >= 0.6 is 0 Å². The lowest BCUT2D eigenvalue weighted by atomic mass is 10.2. The Bertz CT molecular complexity index is 246. The van der Waals surface area contributed by atoms with Crippen LogP contribution in [0, 0.1) is 5.41 Å². The van der Waals surface area contributed by atoms with Gasteiger partial charge in [-0.05, 0) is 26.3 Å². The van der Waals surface area contributed by atoms with Gasteiger partial charge in [-0.3, -0.25) is 5.41 Å². The first-order chi connectivity index (χ1) is 5.57. The molecule has 0 aromatic heterocycles. The van der Waals surface area contributed by atoms with Crippen molar-refractivity contribution in [2.24, 2.45) is 10.7 Å². The van der Waals surface area contributed by atoms with E-state index in [0.717, 1.165) is 11.3 Å². The van der Waals surface area contributed by atoms with Crippen molar-refractivity contribution in [3.63, 3.8) is 0 Å². The Morgan fingerprint density at radius 3 is 2.42 bits per heavy atom. The third-order valence-electron chi connectivity index (χ3n) is 1.40. The van der Waals surface area contributed by atoms with Crippen molar-refractivity contribution in [2.45, 2.75) is 20.8 Å². The lowest BCUT2D eigenvalue weighted by Gasteiger charge is -1.97. The summed E-state index contributed by atoms with van der Waals surface area (Å²) in [5.41, 5.74) is 6.91. The van der Waals surface area contributed by atoms with Crippen LogP contribution < -0.4 is 5.73 Å². The number of guanidine groups is 1. The zero-order valence-electron chi connectivity index (χ0n) is 7.76. The van der Waals surface area contributed by atoms with Gasteiger partial charge < -0.3 is 5.73 Å². The molecule has 0 spiro atoms. The largest absolute Gasteiger partial charge is 0.368 e. The van der Waals surface area contributed by atoms with Gasteiger partial charge in [0.25, 0.3) is 0 Å². The number of aliphatic imine (C=N–C) groups is 1. The zero-order valence-corrected chi connectivity index (χ0v) is 7.76. The maximum absolute atomic E-state index is 6.94. The molecule has 0 unspecified atom stereocenters. The van der Waals surface area contributed by atoms with Crippen LogP contribution in [0.2, 0.25) is 0 Å². The molecule has 0 aliphatic heterocycles. The summed E-state index contributed by atoms with van der Waals surface area (Å²) in [6.45, 7) is 5.71. The molecule has 12 heavy (non-hydrogen) atoms. The minimum Gasteiger partial charge on any atom is -0.368 e. The molecule has 0 saturated heterocycles. The maximum Gasteiger partial charge on any atom is 0.212 e. The monoisotopic (exact) mass is 165 g/mol. The van der Waals surface area contributed by atoms with Crippen molar-refractivity contribution in [2.75, 3.05) is 0 Å².